The fourth-order valence-corrected chi connectivity index (χ4v) is 6.14. The molecule has 2 aliphatic heterocycles. The van der Waals surface area contributed by atoms with Gasteiger partial charge in [-0.1, -0.05) is 18.2 Å². The molecule has 1 aromatic rings. The van der Waals surface area contributed by atoms with E-state index in [9.17, 15) is 15.0 Å². The number of aliphatic hydroxyl groups is 2. The molecule has 1 aliphatic carbocycles. The fourth-order valence-electron chi connectivity index (χ4n) is 4.76. The Morgan fingerprint density at radius 3 is 2.52 bits per heavy atom. The quantitative estimate of drug-likeness (QED) is 0.464. The van der Waals surface area contributed by atoms with E-state index in [0.717, 1.165) is 25.3 Å². The maximum absolute atomic E-state index is 13.0. The molecular formula is C23H34N4O5S. The SMILES string of the molecule is COc1cc(NC2=NC3C(O)C(O)CC(C(=O)NCCN4CCCCC4)C3S2)cc(OC)c1. The average molecular weight is 479 g/mol. The lowest BCUT2D eigenvalue weighted by Gasteiger charge is -2.37. The van der Waals surface area contributed by atoms with Crippen molar-refractivity contribution >= 4 is 28.5 Å². The Balaban J connectivity index is 1.40. The smallest absolute Gasteiger partial charge is 0.224 e. The monoisotopic (exact) mass is 478 g/mol. The molecule has 1 saturated carbocycles. The molecular weight excluding hydrogens is 444 g/mol. The lowest BCUT2D eigenvalue weighted by atomic mass is 9.81. The Morgan fingerprint density at radius 1 is 1.15 bits per heavy atom. The summed E-state index contributed by atoms with van der Waals surface area (Å²) in [5, 5.41) is 27.6. The summed E-state index contributed by atoms with van der Waals surface area (Å²) in [5.74, 6) is 0.765. The van der Waals surface area contributed by atoms with E-state index < -0.39 is 24.2 Å². The van der Waals surface area contributed by atoms with Crippen molar-refractivity contribution in [3.8, 4) is 11.5 Å². The molecule has 33 heavy (non-hydrogen) atoms. The minimum atomic E-state index is -1.00. The number of hydrogen-bond donors (Lipinski definition) is 4. The van der Waals surface area contributed by atoms with Crippen LogP contribution in [0, 0.1) is 5.92 Å². The Labute approximate surface area is 198 Å². The number of likely N-dealkylation sites (tertiary alicyclic amines) is 1. The zero-order valence-electron chi connectivity index (χ0n) is 19.2. The van der Waals surface area contributed by atoms with Gasteiger partial charge in [-0.05, 0) is 32.4 Å². The maximum atomic E-state index is 13.0. The van der Waals surface area contributed by atoms with E-state index in [4.69, 9.17) is 9.47 Å². The van der Waals surface area contributed by atoms with Crippen molar-refractivity contribution in [2.24, 2.45) is 10.9 Å². The summed E-state index contributed by atoms with van der Waals surface area (Å²) in [6.07, 6.45) is 1.95. The number of carbonyl (C=O) groups excluding carboxylic acids is 1. The molecule has 1 aromatic carbocycles. The molecule has 0 aromatic heterocycles. The number of rotatable bonds is 7. The lowest BCUT2D eigenvalue weighted by Crippen LogP contribution is -2.54. The van der Waals surface area contributed by atoms with Crippen LogP contribution in [-0.2, 0) is 4.79 Å². The van der Waals surface area contributed by atoms with Crippen LogP contribution in [0.1, 0.15) is 25.7 Å². The summed E-state index contributed by atoms with van der Waals surface area (Å²) in [5.41, 5.74) is 0.730. The zero-order chi connectivity index (χ0) is 23.4. The van der Waals surface area contributed by atoms with Crippen LogP contribution in [-0.4, -0.2) is 90.1 Å². The second-order valence-electron chi connectivity index (χ2n) is 8.83. The van der Waals surface area contributed by atoms with Crippen molar-refractivity contribution < 1.29 is 24.5 Å². The minimum Gasteiger partial charge on any atom is -0.497 e. The number of aliphatic imine (C=N–C) groups is 1. The van der Waals surface area contributed by atoms with Crippen molar-refractivity contribution in [2.75, 3.05) is 45.7 Å². The van der Waals surface area contributed by atoms with Gasteiger partial charge in [0, 0.05) is 42.2 Å². The predicted octanol–water partition coefficient (Wildman–Crippen LogP) is 1.30. The van der Waals surface area contributed by atoms with Gasteiger partial charge in [0.1, 0.15) is 17.6 Å². The molecule has 4 rings (SSSR count). The van der Waals surface area contributed by atoms with Crippen molar-refractivity contribution in [2.45, 2.75) is 49.2 Å². The van der Waals surface area contributed by atoms with Crippen LogP contribution < -0.4 is 20.1 Å². The molecule has 1 amide bonds. The molecule has 9 nitrogen and oxygen atoms in total. The van der Waals surface area contributed by atoms with Crippen LogP contribution in [0.3, 0.4) is 0 Å². The third-order valence-electron chi connectivity index (χ3n) is 6.60. The summed E-state index contributed by atoms with van der Waals surface area (Å²) < 4.78 is 10.6. The van der Waals surface area contributed by atoms with Crippen LogP contribution in [0.2, 0.25) is 0 Å². The van der Waals surface area contributed by atoms with E-state index in [-0.39, 0.29) is 17.6 Å². The third kappa shape index (κ3) is 5.74. The first-order chi connectivity index (χ1) is 16.0. The Kier molecular flexibility index (Phi) is 8.00. The number of fused-ring (bicyclic) bond motifs is 1. The number of thioether (sulfide) groups is 1. The number of ether oxygens (including phenoxy) is 2. The van der Waals surface area contributed by atoms with E-state index in [0.29, 0.717) is 23.2 Å². The number of carbonyl (C=O) groups is 1. The van der Waals surface area contributed by atoms with Crippen molar-refractivity contribution in [1.82, 2.24) is 10.2 Å². The highest BCUT2D eigenvalue weighted by atomic mass is 32.2. The summed E-state index contributed by atoms with van der Waals surface area (Å²) >= 11 is 1.43. The van der Waals surface area contributed by atoms with E-state index in [1.165, 1.54) is 31.0 Å². The number of nitrogens with zero attached hydrogens (tertiary/aromatic N) is 2. The molecule has 0 bridgehead atoms. The van der Waals surface area contributed by atoms with Gasteiger partial charge >= 0.3 is 0 Å². The number of benzene rings is 1. The summed E-state index contributed by atoms with van der Waals surface area (Å²) in [6.45, 7) is 3.60. The number of aliphatic hydroxyl groups excluding tert-OH is 2. The van der Waals surface area contributed by atoms with Crippen LogP contribution in [0.4, 0.5) is 5.69 Å². The van der Waals surface area contributed by atoms with Gasteiger partial charge in [-0.2, -0.15) is 0 Å². The van der Waals surface area contributed by atoms with E-state index >= 15 is 0 Å². The van der Waals surface area contributed by atoms with Crippen LogP contribution in [0.25, 0.3) is 0 Å². The third-order valence-corrected chi connectivity index (χ3v) is 7.91. The van der Waals surface area contributed by atoms with E-state index in [2.05, 4.69) is 20.5 Å². The van der Waals surface area contributed by atoms with E-state index in [1.807, 2.05) is 12.1 Å². The van der Waals surface area contributed by atoms with Gasteiger partial charge in [0.25, 0.3) is 0 Å². The molecule has 182 valence electrons. The van der Waals surface area contributed by atoms with Gasteiger partial charge in [-0.25, -0.2) is 0 Å². The summed E-state index contributed by atoms with van der Waals surface area (Å²) in [7, 11) is 3.17. The van der Waals surface area contributed by atoms with Crippen LogP contribution >= 0.6 is 11.8 Å². The number of piperidine rings is 1. The van der Waals surface area contributed by atoms with Crippen molar-refractivity contribution in [3.05, 3.63) is 18.2 Å². The summed E-state index contributed by atoms with van der Waals surface area (Å²) in [6, 6.07) is 4.87. The van der Waals surface area contributed by atoms with Gasteiger partial charge in [0.05, 0.1) is 32.3 Å². The molecule has 2 fully saturated rings. The predicted molar refractivity (Wildman–Crippen MR) is 129 cm³/mol. The standard InChI is InChI=1S/C23H34N4O5S/c1-31-15-10-14(11-16(12-15)32-2)25-23-26-19-20(29)18(28)13-17(21(19)33-23)22(30)24-6-9-27-7-4-3-5-8-27/h10-12,17-21,28-29H,3-9,13H2,1-2H3,(H,24,30)(H,25,26). The number of amidine groups is 1. The molecule has 0 radical (unpaired) electrons. The molecule has 5 unspecified atom stereocenters. The van der Waals surface area contributed by atoms with Gasteiger partial charge in [-0.3, -0.25) is 9.79 Å². The normalized spacial score (nSPS) is 29.7. The van der Waals surface area contributed by atoms with Gasteiger partial charge < -0.3 is 35.2 Å². The first-order valence-corrected chi connectivity index (χ1v) is 12.5. The van der Waals surface area contributed by atoms with Gasteiger partial charge in [0.15, 0.2) is 5.17 Å². The minimum absolute atomic E-state index is 0.0834. The highest BCUT2D eigenvalue weighted by molar-refractivity contribution is 8.15. The van der Waals surface area contributed by atoms with Crippen LogP contribution in [0.5, 0.6) is 11.5 Å². The average Bonchev–Trinajstić information content (AvgIpc) is 3.25. The highest BCUT2D eigenvalue weighted by Gasteiger charge is 2.50. The zero-order valence-corrected chi connectivity index (χ0v) is 20.0. The van der Waals surface area contributed by atoms with Crippen LogP contribution in [0.15, 0.2) is 23.2 Å². The fraction of sp³-hybridized carbons (Fsp3) is 0.652. The Bertz CT molecular complexity index is 841. The Morgan fingerprint density at radius 2 is 1.85 bits per heavy atom. The first-order valence-electron chi connectivity index (χ1n) is 11.6. The molecule has 4 N–H and O–H groups in total. The Hall–Kier alpha value is -2.01. The molecule has 0 spiro atoms. The number of methoxy groups -OCH3 is 2. The van der Waals surface area contributed by atoms with Crippen molar-refractivity contribution in [3.63, 3.8) is 0 Å². The highest BCUT2D eigenvalue weighted by Crippen LogP contribution is 2.41. The number of amides is 1. The number of hydrogen-bond acceptors (Lipinski definition) is 9. The van der Waals surface area contributed by atoms with E-state index in [1.54, 1.807) is 20.3 Å². The number of nitrogens with one attached hydrogen (secondary N) is 2. The topological polar surface area (TPSA) is 116 Å². The first kappa shape index (κ1) is 24.1. The second kappa shape index (κ2) is 10.9. The molecule has 3 aliphatic rings. The largest absolute Gasteiger partial charge is 0.497 e. The van der Waals surface area contributed by atoms with Gasteiger partial charge in [0.2, 0.25) is 5.91 Å². The number of anilines is 1. The van der Waals surface area contributed by atoms with Gasteiger partial charge in [-0.15, -0.1) is 0 Å². The second-order valence-corrected chi connectivity index (χ2v) is 9.99. The molecule has 10 heteroatoms. The molecule has 1 saturated heterocycles. The molecule has 2 heterocycles. The molecule has 5 atom stereocenters. The lowest BCUT2D eigenvalue weighted by molar-refractivity contribution is -0.129. The summed E-state index contributed by atoms with van der Waals surface area (Å²) in [4.78, 5) is 20.0. The van der Waals surface area contributed by atoms with Crippen molar-refractivity contribution in [1.29, 1.82) is 0 Å². The maximum Gasteiger partial charge on any atom is 0.224 e.